The summed E-state index contributed by atoms with van der Waals surface area (Å²) in [6.45, 7) is 6.08. The van der Waals surface area contributed by atoms with Gasteiger partial charge < -0.3 is 20.1 Å². The number of rotatable bonds is 10. The van der Waals surface area contributed by atoms with E-state index in [0.717, 1.165) is 23.2 Å². The minimum atomic E-state index is -0.839. The average Bonchev–Trinajstić information content (AvgIpc) is 3.20. The van der Waals surface area contributed by atoms with E-state index in [2.05, 4.69) is 60.9 Å². The molecule has 2 atom stereocenters. The molecule has 0 unspecified atom stereocenters. The van der Waals surface area contributed by atoms with Crippen LogP contribution < -0.4 is 10.6 Å². The Kier molecular flexibility index (Phi) is 7.43. The Morgan fingerprint density at radius 2 is 1.36 bits per heavy atom. The number of amides is 1. The zero-order valence-corrected chi connectivity index (χ0v) is 19.2. The summed E-state index contributed by atoms with van der Waals surface area (Å²) >= 11 is 0. The highest BCUT2D eigenvalue weighted by Crippen LogP contribution is 2.40. The Bertz CT molecular complexity index is 912. The quantitative estimate of drug-likeness (QED) is 0.445. The van der Waals surface area contributed by atoms with Gasteiger partial charge in [0.15, 0.2) is 0 Å². The summed E-state index contributed by atoms with van der Waals surface area (Å²) in [7, 11) is 0. The maximum Gasteiger partial charge on any atom is 0.407 e. The van der Waals surface area contributed by atoms with Gasteiger partial charge in [0, 0.05) is 6.54 Å². The summed E-state index contributed by atoms with van der Waals surface area (Å²) in [6, 6.07) is 30.5. The van der Waals surface area contributed by atoms with E-state index in [0.29, 0.717) is 12.5 Å². The van der Waals surface area contributed by atoms with E-state index in [1.165, 1.54) is 0 Å². The average molecular weight is 445 g/mol. The molecule has 172 valence electrons. The molecule has 1 fully saturated rings. The van der Waals surface area contributed by atoms with E-state index >= 15 is 0 Å². The van der Waals surface area contributed by atoms with Crippen molar-refractivity contribution in [2.75, 3.05) is 19.7 Å². The van der Waals surface area contributed by atoms with Crippen molar-refractivity contribution < 1.29 is 14.3 Å². The smallest absolute Gasteiger partial charge is 0.407 e. The van der Waals surface area contributed by atoms with Crippen LogP contribution in [0.2, 0.25) is 0 Å². The van der Waals surface area contributed by atoms with Crippen molar-refractivity contribution in [2.45, 2.75) is 31.6 Å². The Labute approximate surface area is 196 Å². The van der Waals surface area contributed by atoms with E-state index in [1.807, 2.05) is 54.6 Å². The lowest BCUT2D eigenvalue weighted by Gasteiger charge is -2.37. The van der Waals surface area contributed by atoms with Crippen molar-refractivity contribution in [2.24, 2.45) is 5.92 Å². The number of nitrogens with one attached hydrogen (secondary N) is 2. The first-order valence-electron chi connectivity index (χ1n) is 11.6. The Balaban J connectivity index is 1.68. The van der Waals surface area contributed by atoms with Gasteiger partial charge >= 0.3 is 6.09 Å². The summed E-state index contributed by atoms with van der Waals surface area (Å²) in [5, 5.41) is 6.35. The number of ether oxygens (including phenoxy) is 2. The molecular weight excluding hydrogens is 412 g/mol. The lowest BCUT2D eigenvalue weighted by atomic mass is 9.80. The van der Waals surface area contributed by atoms with Crippen LogP contribution in [0.15, 0.2) is 91.0 Å². The van der Waals surface area contributed by atoms with Crippen LogP contribution in [0.5, 0.6) is 0 Å². The monoisotopic (exact) mass is 444 g/mol. The van der Waals surface area contributed by atoms with Crippen LogP contribution in [0.3, 0.4) is 0 Å². The number of alkyl carbamates (subject to hydrolysis) is 1. The van der Waals surface area contributed by atoms with Gasteiger partial charge in [-0.15, -0.1) is 0 Å². The van der Waals surface area contributed by atoms with Gasteiger partial charge in [-0.25, -0.2) is 4.79 Å². The van der Waals surface area contributed by atoms with Gasteiger partial charge in [0.05, 0.1) is 12.6 Å². The summed E-state index contributed by atoms with van der Waals surface area (Å²) in [5.41, 5.74) is 2.23. The van der Waals surface area contributed by atoms with Crippen LogP contribution in [0, 0.1) is 5.92 Å². The Hall–Kier alpha value is -3.15. The first-order valence-corrected chi connectivity index (χ1v) is 11.6. The second-order valence-corrected chi connectivity index (χ2v) is 8.84. The highest BCUT2D eigenvalue weighted by atomic mass is 16.6. The maximum atomic E-state index is 12.1. The second-order valence-electron chi connectivity index (χ2n) is 8.84. The fourth-order valence-corrected chi connectivity index (χ4v) is 4.33. The molecule has 4 rings (SSSR count). The SMILES string of the molecule is CC(C)CNC[C@H]1NC(=O)O[C@@H]1COC(c1ccccc1)(c1ccccc1)c1ccccc1. The lowest BCUT2D eigenvalue weighted by Crippen LogP contribution is -2.45. The molecule has 3 aromatic carbocycles. The summed E-state index contributed by atoms with van der Waals surface area (Å²) < 4.78 is 12.5. The molecule has 1 heterocycles. The predicted molar refractivity (Wildman–Crippen MR) is 130 cm³/mol. The number of hydrogen-bond acceptors (Lipinski definition) is 4. The molecule has 0 saturated carbocycles. The molecule has 0 bridgehead atoms. The number of carbonyl (C=O) groups is 1. The molecule has 1 amide bonds. The van der Waals surface area contributed by atoms with Crippen molar-refractivity contribution in [3.8, 4) is 0 Å². The van der Waals surface area contributed by atoms with Gasteiger partial charge in [0.1, 0.15) is 11.7 Å². The van der Waals surface area contributed by atoms with E-state index in [4.69, 9.17) is 9.47 Å². The van der Waals surface area contributed by atoms with Crippen LogP contribution in [0.4, 0.5) is 4.79 Å². The normalized spacial score (nSPS) is 18.2. The van der Waals surface area contributed by atoms with Crippen LogP contribution >= 0.6 is 0 Å². The number of cyclic esters (lactones) is 1. The van der Waals surface area contributed by atoms with Crippen LogP contribution in [0.25, 0.3) is 0 Å². The molecule has 2 N–H and O–H groups in total. The van der Waals surface area contributed by atoms with Crippen molar-refractivity contribution in [3.63, 3.8) is 0 Å². The van der Waals surface area contributed by atoms with Gasteiger partial charge in [0.25, 0.3) is 0 Å². The third-order valence-electron chi connectivity index (χ3n) is 5.93. The van der Waals surface area contributed by atoms with Crippen LogP contribution in [-0.4, -0.2) is 37.9 Å². The van der Waals surface area contributed by atoms with Gasteiger partial charge in [-0.2, -0.15) is 0 Å². The molecule has 0 aliphatic carbocycles. The molecule has 0 spiro atoms. The summed E-state index contributed by atoms with van der Waals surface area (Å²) in [6.07, 6.45) is -0.794. The molecular formula is C28H32N2O3. The molecule has 1 aliphatic rings. The molecule has 0 radical (unpaired) electrons. The minimum Gasteiger partial charge on any atom is -0.442 e. The first kappa shape index (κ1) is 23.0. The van der Waals surface area contributed by atoms with E-state index in [9.17, 15) is 4.79 Å². The molecule has 5 nitrogen and oxygen atoms in total. The summed E-state index contributed by atoms with van der Waals surface area (Å²) in [4.78, 5) is 12.1. The third kappa shape index (κ3) is 5.27. The highest BCUT2D eigenvalue weighted by Gasteiger charge is 2.41. The molecule has 1 aliphatic heterocycles. The third-order valence-corrected chi connectivity index (χ3v) is 5.93. The summed E-state index contributed by atoms with van der Waals surface area (Å²) in [5.74, 6) is 0.527. The molecule has 1 saturated heterocycles. The molecule has 3 aromatic rings. The molecule has 5 heteroatoms. The van der Waals surface area contributed by atoms with Crippen molar-refractivity contribution in [1.29, 1.82) is 0 Å². The largest absolute Gasteiger partial charge is 0.442 e. The standard InChI is InChI=1S/C28H32N2O3/c1-21(2)18-29-19-25-26(33-27(31)30-25)20-32-28(22-12-6-3-7-13-22,23-14-8-4-9-15-23)24-16-10-5-11-17-24/h3-17,21,25-26,29H,18-20H2,1-2H3,(H,30,31)/t25-,26-/m1/s1. The fourth-order valence-electron chi connectivity index (χ4n) is 4.33. The topological polar surface area (TPSA) is 59.6 Å². The van der Waals surface area contributed by atoms with Crippen LogP contribution in [0.1, 0.15) is 30.5 Å². The highest BCUT2D eigenvalue weighted by molar-refractivity contribution is 5.70. The van der Waals surface area contributed by atoms with E-state index < -0.39 is 17.8 Å². The van der Waals surface area contributed by atoms with E-state index in [-0.39, 0.29) is 12.6 Å². The number of benzene rings is 3. The number of hydrogen-bond donors (Lipinski definition) is 2. The minimum absolute atomic E-state index is 0.156. The Morgan fingerprint density at radius 3 is 1.82 bits per heavy atom. The predicted octanol–water partition coefficient (Wildman–Crippen LogP) is 4.72. The molecule has 0 aromatic heterocycles. The van der Waals surface area contributed by atoms with Crippen molar-refractivity contribution in [3.05, 3.63) is 108 Å². The maximum absolute atomic E-state index is 12.1. The zero-order chi connectivity index (χ0) is 23.1. The van der Waals surface area contributed by atoms with E-state index in [1.54, 1.807) is 0 Å². The Morgan fingerprint density at radius 1 is 0.879 bits per heavy atom. The molecule has 33 heavy (non-hydrogen) atoms. The zero-order valence-electron chi connectivity index (χ0n) is 19.2. The number of carbonyl (C=O) groups excluding carboxylic acids is 1. The fraction of sp³-hybridized carbons (Fsp3) is 0.321. The van der Waals surface area contributed by atoms with Crippen molar-refractivity contribution >= 4 is 6.09 Å². The van der Waals surface area contributed by atoms with Crippen LogP contribution in [-0.2, 0) is 15.1 Å². The lowest BCUT2D eigenvalue weighted by molar-refractivity contribution is -0.0363. The van der Waals surface area contributed by atoms with Gasteiger partial charge in [-0.1, -0.05) is 105 Å². The second kappa shape index (κ2) is 10.6. The van der Waals surface area contributed by atoms with Gasteiger partial charge in [-0.3, -0.25) is 0 Å². The van der Waals surface area contributed by atoms with Crippen molar-refractivity contribution in [1.82, 2.24) is 10.6 Å². The van der Waals surface area contributed by atoms with Gasteiger partial charge in [-0.05, 0) is 29.2 Å². The van der Waals surface area contributed by atoms with Gasteiger partial charge in [0.2, 0.25) is 0 Å². The first-order chi connectivity index (χ1) is 16.1.